The van der Waals surface area contributed by atoms with Crippen molar-refractivity contribution in [1.82, 2.24) is 0 Å². The quantitative estimate of drug-likeness (QED) is 0.233. The molecule has 0 unspecified atom stereocenters. The molecular weight excluding hydrogens is 218 g/mol. The van der Waals surface area contributed by atoms with E-state index >= 15 is 0 Å². The number of hydrogen-bond acceptors (Lipinski definition) is 4. The molecule has 0 fully saturated rings. The Balaban J connectivity index is 0. The molecular formula is CH8O9P2. The van der Waals surface area contributed by atoms with Gasteiger partial charge in [0.15, 0.2) is 6.79 Å². The summed E-state index contributed by atoms with van der Waals surface area (Å²) >= 11 is 0. The van der Waals surface area contributed by atoms with E-state index in [9.17, 15) is 4.57 Å². The Morgan fingerprint density at radius 3 is 1.25 bits per heavy atom. The lowest BCUT2D eigenvalue weighted by Gasteiger charge is -1.97. The normalized spacial score (nSPS) is 11.8. The van der Waals surface area contributed by atoms with E-state index in [1.807, 2.05) is 0 Å². The van der Waals surface area contributed by atoms with Crippen LogP contribution in [-0.4, -0.2) is 36.4 Å². The summed E-state index contributed by atoms with van der Waals surface area (Å²) in [6, 6.07) is 0. The number of aliphatic hydroxyl groups excluding tert-OH is 1. The van der Waals surface area contributed by atoms with E-state index in [1.165, 1.54) is 0 Å². The highest BCUT2D eigenvalue weighted by molar-refractivity contribution is 7.46. The van der Waals surface area contributed by atoms with E-state index in [-0.39, 0.29) is 0 Å². The van der Waals surface area contributed by atoms with Gasteiger partial charge >= 0.3 is 15.6 Å². The van der Waals surface area contributed by atoms with Crippen LogP contribution >= 0.6 is 15.6 Å². The Hall–Kier alpha value is 0.180. The lowest BCUT2D eigenvalue weighted by atomic mass is 11.6. The SMILES string of the molecule is O=P(O)(O)O.O=P(O)(O)OCO. The van der Waals surface area contributed by atoms with Crippen LogP contribution in [0.3, 0.4) is 0 Å². The summed E-state index contributed by atoms with van der Waals surface area (Å²) in [6.07, 6.45) is 0. The van der Waals surface area contributed by atoms with Crippen LogP contribution in [0.2, 0.25) is 0 Å². The zero-order valence-corrected chi connectivity index (χ0v) is 7.30. The van der Waals surface area contributed by atoms with Gasteiger partial charge in [0.2, 0.25) is 0 Å². The largest absolute Gasteiger partial charge is 0.471 e. The predicted molar refractivity (Wildman–Crippen MR) is 34.5 cm³/mol. The highest BCUT2D eigenvalue weighted by Gasteiger charge is 2.10. The number of phosphoric acid groups is 2. The maximum absolute atomic E-state index is 9.54. The van der Waals surface area contributed by atoms with Crippen molar-refractivity contribution in [2.24, 2.45) is 0 Å². The summed E-state index contributed by atoms with van der Waals surface area (Å²) in [4.78, 5) is 37.1. The lowest BCUT2D eigenvalue weighted by molar-refractivity contribution is 0.0659. The van der Waals surface area contributed by atoms with Crippen LogP contribution in [0, 0.1) is 0 Å². The Morgan fingerprint density at radius 2 is 1.25 bits per heavy atom. The van der Waals surface area contributed by atoms with Crippen molar-refractivity contribution in [3.63, 3.8) is 0 Å². The fourth-order valence-electron chi connectivity index (χ4n) is 0.0752. The smallest absolute Gasteiger partial charge is 0.370 e. The molecule has 0 rings (SSSR count). The molecule has 0 aliphatic rings. The van der Waals surface area contributed by atoms with Crippen LogP contribution in [0.25, 0.3) is 0 Å². The van der Waals surface area contributed by atoms with Gasteiger partial charge in [0.05, 0.1) is 0 Å². The zero-order valence-electron chi connectivity index (χ0n) is 5.51. The van der Waals surface area contributed by atoms with Gasteiger partial charge in [-0.2, -0.15) is 0 Å². The molecule has 0 aliphatic carbocycles. The van der Waals surface area contributed by atoms with Crippen molar-refractivity contribution in [1.29, 1.82) is 0 Å². The van der Waals surface area contributed by atoms with Gasteiger partial charge in [0, 0.05) is 0 Å². The number of rotatable bonds is 2. The van der Waals surface area contributed by atoms with E-state index in [4.69, 9.17) is 34.1 Å². The maximum Gasteiger partial charge on any atom is 0.471 e. The second-order valence-corrected chi connectivity index (χ2v) is 3.53. The van der Waals surface area contributed by atoms with Gasteiger partial charge < -0.3 is 29.6 Å². The molecule has 0 spiro atoms. The number of aliphatic hydroxyl groups is 1. The highest BCUT2D eigenvalue weighted by atomic mass is 31.2. The molecule has 11 heteroatoms. The number of phosphoric ester groups is 1. The molecule has 0 heterocycles. The first kappa shape index (κ1) is 14.7. The fraction of sp³-hybridized carbons (Fsp3) is 1.00. The van der Waals surface area contributed by atoms with Crippen LogP contribution in [0.15, 0.2) is 0 Å². The molecule has 0 atom stereocenters. The van der Waals surface area contributed by atoms with Crippen LogP contribution < -0.4 is 0 Å². The minimum Gasteiger partial charge on any atom is -0.370 e. The molecule has 9 nitrogen and oxygen atoms in total. The third-order valence-corrected chi connectivity index (χ3v) is 0.678. The minimum absolute atomic E-state index is 0.954. The molecule has 76 valence electrons. The third kappa shape index (κ3) is 49.1. The fourth-order valence-corrected chi connectivity index (χ4v) is 0.226. The minimum atomic E-state index is -4.64. The molecule has 0 aromatic rings. The summed E-state index contributed by atoms with van der Waals surface area (Å²) in [7, 11) is -9.05. The average molecular weight is 226 g/mol. The molecule has 0 aliphatic heterocycles. The topological polar surface area (TPSA) is 165 Å². The van der Waals surface area contributed by atoms with E-state index in [2.05, 4.69) is 4.52 Å². The summed E-state index contributed by atoms with van der Waals surface area (Å²) in [5.41, 5.74) is 0. The van der Waals surface area contributed by atoms with Gasteiger partial charge in [-0.3, -0.25) is 4.52 Å². The summed E-state index contributed by atoms with van der Waals surface area (Å²) < 4.78 is 21.9. The van der Waals surface area contributed by atoms with Crippen molar-refractivity contribution < 1.29 is 43.2 Å². The van der Waals surface area contributed by atoms with Crippen LogP contribution in [0.4, 0.5) is 0 Å². The Morgan fingerprint density at radius 1 is 1.00 bits per heavy atom. The maximum atomic E-state index is 9.54. The highest BCUT2D eigenvalue weighted by Crippen LogP contribution is 2.34. The lowest BCUT2D eigenvalue weighted by Crippen LogP contribution is -1.87. The first-order valence-corrected chi connectivity index (χ1v) is 5.25. The van der Waals surface area contributed by atoms with Crippen LogP contribution in [-0.2, 0) is 13.7 Å². The van der Waals surface area contributed by atoms with Crippen molar-refractivity contribution in [2.75, 3.05) is 6.79 Å². The first-order chi connectivity index (χ1) is 5.06. The molecule has 0 aromatic heterocycles. The van der Waals surface area contributed by atoms with Gasteiger partial charge in [-0.25, -0.2) is 9.13 Å². The van der Waals surface area contributed by atoms with Gasteiger partial charge in [0.1, 0.15) is 0 Å². The molecule has 6 N–H and O–H groups in total. The van der Waals surface area contributed by atoms with E-state index in [1.54, 1.807) is 0 Å². The molecule has 0 aromatic carbocycles. The summed E-state index contributed by atoms with van der Waals surface area (Å²) in [5.74, 6) is 0. The molecule has 12 heavy (non-hydrogen) atoms. The summed E-state index contributed by atoms with van der Waals surface area (Å²) in [5, 5.41) is 7.69. The van der Waals surface area contributed by atoms with Crippen molar-refractivity contribution in [3.05, 3.63) is 0 Å². The van der Waals surface area contributed by atoms with Gasteiger partial charge in [0.25, 0.3) is 0 Å². The van der Waals surface area contributed by atoms with Crippen molar-refractivity contribution in [3.8, 4) is 0 Å². The monoisotopic (exact) mass is 226 g/mol. The van der Waals surface area contributed by atoms with Gasteiger partial charge in [-0.05, 0) is 0 Å². The first-order valence-electron chi connectivity index (χ1n) is 2.15. The molecule has 0 saturated carbocycles. The molecule has 0 saturated heterocycles. The van der Waals surface area contributed by atoms with E-state index < -0.39 is 22.4 Å². The van der Waals surface area contributed by atoms with Crippen molar-refractivity contribution >= 4 is 15.6 Å². The third-order valence-electron chi connectivity index (χ3n) is 0.226. The Bertz CT molecular complexity index is 176. The Kier molecular flexibility index (Phi) is 7.05. The van der Waals surface area contributed by atoms with Gasteiger partial charge in [-0.1, -0.05) is 0 Å². The number of hydrogen-bond donors (Lipinski definition) is 6. The molecule has 0 radical (unpaired) electrons. The average Bonchev–Trinajstić information content (AvgIpc) is 1.54. The van der Waals surface area contributed by atoms with E-state index in [0.717, 1.165) is 0 Å². The molecule has 0 amide bonds. The van der Waals surface area contributed by atoms with E-state index in [0.29, 0.717) is 0 Å². The van der Waals surface area contributed by atoms with Crippen LogP contribution in [0.1, 0.15) is 0 Å². The standard InChI is InChI=1S/CH5O5P.H3O4P/c2-1-6-7(3,4)5;1-5(2,3)4/h2H,1H2,(H2,3,4,5);(H3,1,2,3,4). The second-order valence-electron chi connectivity index (χ2n) is 1.26. The zero-order chi connectivity index (χ0) is 10.4. The predicted octanol–water partition coefficient (Wildman–Crippen LogP) is -1.88. The Labute approximate surface area is 66.7 Å². The van der Waals surface area contributed by atoms with Crippen LogP contribution in [0.5, 0.6) is 0 Å². The molecule has 0 bridgehead atoms. The summed E-state index contributed by atoms with van der Waals surface area (Å²) in [6.45, 7) is -0.954. The van der Waals surface area contributed by atoms with Gasteiger partial charge in [-0.15, -0.1) is 0 Å². The second kappa shape index (κ2) is 5.76. The van der Waals surface area contributed by atoms with Crippen molar-refractivity contribution in [2.45, 2.75) is 0 Å².